The number of ether oxygens (including phenoxy) is 1. The summed E-state index contributed by atoms with van der Waals surface area (Å²) >= 11 is 5.64. The van der Waals surface area contributed by atoms with E-state index in [0.717, 1.165) is 44.2 Å². The zero-order valence-electron chi connectivity index (χ0n) is 10.9. The van der Waals surface area contributed by atoms with Gasteiger partial charge < -0.3 is 10.5 Å². The van der Waals surface area contributed by atoms with E-state index in [9.17, 15) is 14.5 Å². The van der Waals surface area contributed by atoms with E-state index < -0.39 is 22.0 Å². The number of halogens is 2. The number of nitro benzene ring substituents is 1. The Kier molecular flexibility index (Phi) is 4.45. The maximum Gasteiger partial charge on any atom is 0.313 e. The minimum Gasteiger partial charge on any atom is -0.485 e. The Morgan fingerprint density at radius 1 is 1.40 bits per heavy atom. The van der Waals surface area contributed by atoms with E-state index in [4.69, 9.17) is 22.1 Å². The molecule has 1 aliphatic carbocycles. The van der Waals surface area contributed by atoms with Crippen molar-refractivity contribution in [2.45, 2.75) is 37.6 Å². The molecule has 1 aromatic carbocycles. The summed E-state index contributed by atoms with van der Waals surface area (Å²) in [5, 5.41) is 10.7. The van der Waals surface area contributed by atoms with Gasteiger partial charge in [-0.3, -0.25) is 10.1 Å². The molecule has 5 nitrogen and oxygen atoms in total. The van der Waals surface area contributed by atoms with Crippen molar-refractivity contribution < 1.29 is 14.1 Å². The minimum absolute atomic E-state index is 0.0446. The summed E-state index contributed by atoms with van der Waals surface area (Å²) in [6.45, 7) is 0.163. The molecular formula is C13H16ClFN2O3. The van der Waals surface area contributed by atoms with Gasteiger partial charge in [0.05, 0.1) is 21.6 Å². The van der Waals surface area contributed by atoms with Crippen molar-refractivity contribution in [3.05, 3.63) is 33.1 Å². The second kappa shape index (κ2) is 5.93. The van der Waals surface area contributed by atoms with Gasteiger partial charge in [0.2, 0.25) is 0 Å². The highest BCUT2D eigenvalue weighted by molar-refractivity contribution is 6.31. The molecule has 0 unspecified atom stereocenters. The Labute approximate surface area is 121 Å². The van der Waals surface area contributed by atoms with Gasteiger partial charge in [0.1, 0.15) is 12.4 Å². The highest BCUT2D eigenvalue weighted by Crippen LogP contribution is 2.34. The smallest absolute Gasteiger partial charge is 0.313 e. The van der Waals surface area contributed by atoms with Gasteiger partial charge in [-0.15, -0.1) is 0 Å². The molecule has 0 aliphatic heterocycles. The number of rotatable bonds is 4. The lowest BCUT2D eigenvalue weighted by Gasteiger charge is -2.32. The summed E-state index contributed by atoms with van der Waals surface area (Å²) in [6.07, 6.45) is 4.81. The first-order chi connectivity index (χ1) is 9.41. The average Bonchev–Trinajstić information content (AvgIpc) is 2.40. The van der Waals surface area contributed by atoms with Gasteiger partial charge in [0.25, 0.3) is 0 Å². The lowest BCUT2D eigenvalue weighted by atomic mass is 9.83. The predicted octanol–water partition coefficient (Wildman–Crippen LogP) is 3.43. The van der Waals surface area contributed by atoms with Crippen LogP contribution in [0.15, 0.2) is 12.1 Å². The second-order valence-electron chi connectivity index (χ2n) is 5.20. The van der Waals surface area contributed by atoms with E-state index in [1.807, 2.05) is 0 Å². The van der Waals surface area contributed by atoms with Crippen LogP contribution in [0.2, 0.25) is 5.02 Å². The molecule has 1 fully saturated rings. The largest absolute Gasteiger partial charge is 0.485 e. The third-order valence-electron chi connectivity index (χ3n) is 3.56. The van der Waals surface area contributed by atoms with Gasteiger partial charge in [-0.2, -0.15) is 0 Å². The summed E-state index contributed by atoms with van der Waals surface area (Å²) < 4.78 is 18.7. The molecular weight excluding hydrogens is 287 g/mol. The fourth-order valence-electron chi connectivity index (χ4n) is 2.40. The highest BCUT2D eigenvalue weighted by Gasteiger charge is 2.29. The van der Waals surface area contributed by atoms with E-state index in [2.05, 4.69) is 0 Å². The first kappa shape index (κ1) is 15.0. The highest BCUT2D eigenvalue weighted by atomic mass is 35.5. The fourth-order valence-corrected chi connectivity index (χ4v) is 2.55. The van der Waals surface area contributed by atoms with E-state index >= 15 is 0 Å². The van der Waals surface area contributed by atoms with Crippen LogP contribution < -0.4 is 10.5 Å². The first-order valence-corrected chi connectivity index (χ1v) is 6.84. The van der Waals surface area contributed by atoms with Crippen molar-refractivity contribution in [1.82, 2.24) is 0 Å². The zero-order chi connectivity index (χ0) is 14.8. The molecule has 20 heavy (non-hydrogen) atoms. The van der Waals surface area contributed by atoms with Crippen molar-refractivity contribution in [3.8, 4) is 5.75 Å². The monoisotopic (exact) mass is 302 g/mol. The Hall–Kier alpha value is -1.40. The molecule has 110 valence electrons. The fraction of sp³-hybridized carbons (Fsp3) is 0.538. The van der Waals surface area contributed by atoms with Crippen LogP contribution in [0, 0.1) is 15.9 Å². The van der Waals surface area contributed by atoms with E-state index in [-0.39, 0.29) is 17.4 Å². The topological polar surface area (TPSA) is 78.4 Å². The van der Waals surface area contributed by atoms with E-state index in [0.29, 0.717) is 0 Å². The van der Waals surface area contributed by atoms with Crippen molar-refractivity contribution >= 4 is 17.3 Å². The number of nitrogens with two attached hydrogens (primary N) is 1. The molecule has 0 amide bonds. The number of benzene rings is 1. The number of hydrogen-bond donors (Lipinski definition) is 1. The Bertz CT molecular complexity index is 519. The molecule has 0 heterocycles. The normalized spacial score (nSPS) is 17.8. The average molecular weight is 303 g/mol. The van der Waals surface area contributed by atoms with Crippen LogP contribution in [0.25, 0.3) is 0 Å². The quantitative estimate of drug-likeness (QED) is 0.682. The van der Waals surface area contributed by atoms with Gasteiger partial charge in [-0.05, 0) is 12.8 Å². The molecule has 2 rings (SSSR count). The van der Waals surface area contributed by atoms with Gasteiger partial charge in [0, 0.05) is 6.07 Å². The van der Waals surface area contributed by atoms with Crippen LogP contribution in [0.5, 0.6) is 5.75 Å². The predicted molar refractivity (Wildman–Crippen MR) is 73.6 cm³/mol. The molecule has 0 bridgehead atoms. The summed E-state index contributed by atoms with van der Waals surface area (Å²) in [6, 6.07) is 1.89. The minimum atomic E-state index is -0.842. The van der Waals surface area contributed by atoms with Crippen LogP contribution in [0.3, 0.4) is 0 Å². The molecule has 1 aromatic rings. The van der Waals surface area contributed by atoms with Gasteiger partial charge >= 0.3 is 5.69 Å². The SMILES string of the molecule is NC1(COc2cc(Cl)c(F)cc2[N+](=O)[O-])CCCCC1. The lowest BCUT2D eigenvalue weighted by Crippen LogP contribution is -2.47. The molecule has 0 aromatic heterocycles. The van der Waals surface area contributed by atoms with Gasteiger partial charge in [-0.25, -0.2) is 4.39 Å². The van der Waals surface area contributed by atoms with Gasteiger partial charge in [-0.1, -0.05) is 30.9 Å². The van der Waals surface area contributed by atoms with E-state index in [1.165, 1.54) is 0 Å². The lowest BCUT2D eigenvalue weighted by molar-refractivity contribution is -0.386. The summed E-state index contributed by atoms with van der Waals surface area (Å²) in [5.41, 5.74) is 5.28. The van der Waals surface area contributed by atoms with Crippen LogP contribution in [-0.4, -0.2) is 17.1 Å². The maximum atomic E-state index is 13.3. The molecule has 0 saturated heterocycles. The van der Waals surface area contributed by atoms with Gasteiger partial charge in [0.15, 0.2) is 5.75 Å². The van der Waals surface area contributed by atoms with Crippen LogP contribution in [-0.2, 0) is 0 Å². The molecule has 0 radical (unpaired) electrons. The molecule has 2 N–H and O–H groups in total. The zero-order valence-corrected chi connectivity index (χ0v) is 11.7. The summed E-state index contributed by atoms with van der Waals surface area (Å²) in [7, 11) is 0. The number of hydrogen-bond acceptors (Lipinski definition) is 4. The van der Waals surface area contributed by atoms with Crippen molar-refractivity contribution in [2.24, 2.45) is 5.73 Å². The maximum absolute atomic E-state index is 13.3. The van der Waals surface area contributed by atoms with Crippen molar-refractivity contribution in [1.29, 1.82) is 0 Å². The molecule has 0 spiro atoms. The van der Waals surface area contributed by atoms with E-state index in [1.54, 1.807) is 0 Å². The Balaban J connectivity index is 2.16. The van der Waals surface area contributed by atoms with Crippen LogP contribution in [0.4, 0.5) is 10.1 Å². The summed E-state index contributed by atoms with van der Waals surface area (Å²) in [5.74, 6) is -0.886. The Morgan fingerprint density at radius 3 is 2.65 bits per heavy atom. The Morgan fingerprint density at radius 2 is 2.05 bits per heavy atom. The molecule has 1 saturated carbocycles. The third-order valence-corrected chi connectivity index (χ3v) is 3.85. The van der Waals surface area contributed by atoms with Crippen LogP contribution >= 0.6 is 11.6 Å². The van der Waals surface area contributed by atoms with Crippen molar-refractivity contribution in [3.63, 3.8) is 0 Å². The number of nitrogens with zero attached hydrogens (tertiary/aromatic N) is 1. The second-order valence-corrected chi connectivity index (χ2v) is 5.61. The summed E-state index contributed by atoms with van der Waals surface area (Å²) in [4.78, 5) is 10.2. The standard InChI is InChI=1S/C13H16ClFN2O3/c14-9-6-12(11(17(18)19)7-10(9)15)20-8-13(16)4-2-1-3-5-13/h6-7H,1-5,8,16H2. The number of nitro groups is 1. The molecule has 7 heteroatoms. The first-order valence-electron chi connectivity index (χ1n) is 6.46. The third kappa shape index (κ3) is 3.37. The van der Waals surface area contributed by atoms with Crippen molar-refractivity contribution in [2.75, 3.05) is 6.61 Å². The van der Waals surface area contributed by atoms with Crippen LogP contribution in [0.1, 0.15) is 32.1 Å². The molecule has 0 atom stereocenters. The molecule has 1 aliphatic rings.